The van der Waals surface area contributed by atoms with Gasteiger partial charge in [0.15, 0.2) is 0 Å². The molecule has 0 aliphatic rings. The van der Waals surface area contributed by atoms with E-state index < -0.39 is 0 Å². The Bertz CT molecular complexity index is 109. The van der Waals surface area contributed by atoms with Crippen LogP contribution in [-0.2, 0) is 0 Å². The average molecular weight is 245 g/mol. The van der Waals surface area contributed by atoms with Crippen molar-refractivity contribution in [3.05, 3.63) is 0 Å². The lowest BCUT2D eigenvalue weighted by Gasteiger charge is -2.21. The van der Waals surface area contributed by atoms with Gasteiger partial charge in [-0.3, -0.25) is 0 Å². The molecule has 4 heteroatoms. The molecule has 0 fully saturated rings. The van der Waals surface area contributed by atoms with Crippen LogP contribution in [0, 0.1) is 0 Å². The predicted molar refractivity (Wildman–Crippen MR) is 67.2 cm³/mol. The number of hydrogen-bond donors (Lipinski definition) is 0. The van der Waals surface area contributed by atoms with Crippen molar-refractivity contribution >= 4 is 23.2 Å². The summed E-state index contributed by atoms with van der Waals surface area (Å²) >= 11 is 10.9. The van der Waals surface area contributed by atoms with E-state index in [4.69, 9.17) is 23.2 Å². The molecule has 0 aromatic heterocycles. The number of rotatable bonds is 4. The standard InChI is InChI=1S/2C5H13ClN/c2*1-7(2,3)5-4-6/h2*4-5H2,1-3H3/q2*+1. The fraction of sp³-hybridized carbons (Fsp3) is 1.00. The first-order chi connectivity index (χ1) is 6.12. The van der Waals surface area contributed by atoms with Crippen LogP contribution in [0.1, 0.15) is 0 Å². The van der Waals surface area contributed by atoms with E-state index in [1.165, 1.54) is 0 Å². The van der Waals surface area contributed by atoms with Crippen LogP contribution in [0.3, 0.4) is 0 Å². The molecule has 0 saturated carbocycles. The Balaban J connectivity index is 0. The molecule has 14 heavy (non-hydrogen) atoms. The van der Waals surface area contributed by atoms with Gasteiger partial charge in [-0.25, -0.2) is 0 Å². The summed E-state index contributed by atoms with van der Waals surface area (Å²) in [6, 6.07) is 0. The Kier molecular flexibility index (Phi) is 9.36. The van der Waals surface area contributed by atoms with Crippen LogP contribution in [0.25, 0.3) is 0 Å². The molecule has 0 unspecified atom stereocenters. The minimum Gasteiger partial charge on any atom is -0.330 e. The highest BCUT2D eigenvalue weighted by Gasteiger charge is 2.02. The van der Waals surface area contributed by atoms with Crippen LogP contribution in [0.2, 0.25) is 0 Å². The van der Waals surface area contributed by atoms with Crippen molar-refractivity contribution in [2.24, 2.45) is 0 Å². The van der Waals surface area contributed by atoms with E-state index in [1.54, 1.807) is 0 Å². The van der Waals surface area contributed by atoms with Crippen LogP contribution in [0.5, 0.6) is 0 Å². The van der Waals surface area contributed by atoms with Gasteiger partial charge in [0.2, 0.25) is 0 Å². The highest BCUT2D eigenvalue weighted by Crippen LogP contribution is 1.89. The van der Waals surface area contributed by atoms with E-state index >= 15 is 0 Å². The molecule has 2 nitrogen and oxygen atoms in total. The summed E-state index contributed by atoms with van der Waals surface area (Å²) in [7, 11) is 12.8. The Morgan fingerprint density at radius 2 is 0.857 bits per heavy atom. The average Bonchev–Trinajstić information content (AvgIpc) is 1.81. The zero-order chi connectivity index (χ0) is 11.8. The summed E-state index contributed by atoms with van der Waals surface area (Å²) in [5, 5.41) is 0. The molecule has 0 aromatic carbocycles. The zero-order valence-electron chi connectivity index (χ0n) is 10.5. The SMILES string of the molecule is C[N+](C)(C)CCCl.C[N+](C)(C)CCCl. The highest BCUT2D eigenvalue weighted by molar-refractivity contribution is 6.18. The Hall–Kier alpha value is 0.500. The van der Waals surface area contributed by atoms with Gasteiger partial charge in [0, 0.05) is 0 Å². The molecule has 0 spiro atoms. The summed E-state index contributed by atoms with van der Waals surface area (Å²) in [5.74, 6) is 1.51. The van der Waals surface area contributed by atoms with Crippen molar-refractivity contribution in [3.8, 4) is 0 Å². The van der Waals surface area contributed by atoms with Crippen LogP contribution in [-0.4, -0.2) is 76.1 Å². The third-order valence-corrected chi connectivity index (χ3v) is 1.85. The number of quaternary nitrogens is 2. The summed E-state index contributed by atoms with van der Waals surface area (Å²) in [6.45, 7) is 2.09. The first-order valence-electron chi connectivity index (χ1n) is 4.85. The van der Waals surface area contributed by atoms with E-state index in [0.717, 1.165) is 33.8 Å². The topological polar surface area (TPSA) is 0 Å². The lowest BCUT2D eigenvalue weighted by molar-refractivity contribution is -0.867. The van der Waals surface area contributed by atoms with Crippen molar-refractivity contribution < 1.29 is 8.97 Å². The van der Waals surface area contributed by atoms with Crippen molar-refractivity contribution in [2.45, 2.75) is 0 Å². The van der Waals surface area contributed by atoms with E-state index in [9.17, 15) is 0 Å². The maximum absolute atomic E-state index is 5.47. The van der Waals surface area contributed by atoms with Gasteiger partial charge in [-0.15, -0.1) is 23.2 Å². The van der Waals surface area contributed by atoms with Crippen LogP contribution >= 0.6 is 23.2 Å². The van der Waals surface area contributed by atoms with Crippen molar-refractivity contribution in [1.82, 2.24) is 0 Å². The first kappa shape index (κ1) is 16.9. The summed E-state index contributed by atoms with van der Waals surface area (Å²) in [5.41, 5.74) is 0. The maximum Gasteiger partial charge on any atom is 0.0918 e. The molecule has 0 aliphatic heterocycles. The molecule has 0 radical (unpaired) electrons. The van der Waals surface area contributed by atoms with Crippen LogP contribution in [0.15, 0.2) is 0 Å². The Morgan fingerprint density at radius 1 is 0.643 bits per heavy atom. The molecule has 0 aliphatic carbocycles. The van der Waals surface area contributed by atoms with Gasteiger partial charge in [0.1, 0.15) is 0 Å². The van der Waals surface area contributed by atoms with Gasteiger partial charge in [-0.2, -0.15) is 0 Å². The Labute approximate surface area is 99.6 Å². The Morgan fingerprint density at radius 3 is 0.857 bits per heavy atom. The molecular formula is C10H26Cl2N2+2. The van der Waals surface area contributed by atoms with Crippen molar-refractivity contribution in [2.75, 3.05) is 67.1 Å². The maximum atomic E-state index is 5.47. The number of nitrogens with zero attached hydrogens (tertiary/aromatic N) is 2. The highest BCUT2D eigenvalue weighted by atomic mass is 35.5. The molecule has 0 amide bonds. The third kappa shape index (κ3) is 22.9. The van der Waals surface area contributed by atoms with Gasteiger partial charge in [0.25, 0.3) is 0 Å². The van der Waals surface area contributed by atoms with Crippen LogP contribution in [0.4, 0.5) is 0 Å². The van der Waals surface area contributed by atoms with Gasteiger partial charge in [0.05, 0.1) is 67.1 Å². The normalized spacial score (nSPS) is 12.0. The van der Waals surface area contributed by atoms with E-state index in [0.29, 0.717) is 0 Å². The summed E-state index contributed by atoms with van der Waals surface area (Å²) in [6.07, 6.45) is 0. The fourth-order valence-electron chi connectivity index (χ4n) is 0.507. The second-order valence-corrected chi connectivity index (χ2v) is 6.16. The molecule has 0 rings (SSSR count). The molecule has 0 atom stereocenters. The fourth-order valence-corrected chi connectivity index (χ4v) is 1.52. The number of hydrogen-bond acceptors (Lipinski definition) is 0. The van der Waals surface area contributed by atoms with Crippen molar-refractivity contribution in [1.29, 1.82) is 0 Å². The largest absolute Gasteiger partial charge is 0.330 e. The summed E-state index contributed by atoms with van der Waals surface area (Å²) in [4.78, 5) is 0. The molecule has 0 N–H and O–H groups in total. The quantitative estimate of drug-likeness (QED) is 0.524. The third-order valence-electron chi connectivity index (χ3n) is 1.51. The lowest BCUT2D eigenvalue weighted by Crippen LogP contribution is -2.36. The second-order valence-electron chi connectivity index (χ2n) is 5.41. The van der Waals surface area contributed by atoms with Crippen molar-refractivity contribution in [3.63, 3.8) is 0 Å². The van der Waals surface area contributed by atoms with E-state index in [-0.39, 0.29) is 0 Å². The molecule has 0 bridgehead atoms. The van der Waals surface area contributed by atoms with E-state index in [1.807, 2.05) is 0 Å². The number of alkyl halides is 2. The minimum atomic E-state index is 0.753. The molecule has 0 saturated heterocycles. The molecule has 0 heterocycles. The smallest absolute Gasteiger partial charge is 0.0918 e. The minimum absolute atomic E-state index is 0.753. The van der Waals surface area contributed by atoms with Gasteiger partial charge in [-0.1, -0.05) is 0 Å². The molecular weight excluding hydrogens is 219 g/mol. The molecule has 88 valence electrons. The monoisotopic (exact) mass is 244 g/mol. The predicted octanol–water partition coefficient (Wildman–Crippen LogP) is 1.86. The lowest BCUT2D eigenvalue weighted by atomic mass is 10.6. The zero-order valence-corrected chi connectivity index (χ0v) is 12.0. The van der Waals surface area contributed by atoms with Crippen LogP contribution < -0.4 is 0 Å². The van der Waals surface area contributed by atoms with Gasteiger partial charge >= 0.3 is 0 Å². The first-order valence-corrected chi connectivity index (χ1v) is 5.92. The van der Waals surface area contributed by atoms with E-state index in [2.05, 4.69) is 42.3 Å². The second kappa shape index (κ2) is 7.75. The number of halogens is 2. The molecule has 0 aromatic rings. The summed E-state index contributed by atoms with van der Waals surface area (Å²) < 4.78 is 1.92. The van der Waals surface area contributed by atoms with Gasteiger partial charge < -0.3 is 8.97 Å². The van der Waals surface area contributed by atoms with Gasteiger partial charge in [-0.05, 0) is 0 Å².